The molecular formula is C25H33N3O4. The largest absolute Gasteiger partial charge is 0.469 e. The summed E-state index contributed by atoms with van der Waals surface area (Å²) in [5.74, 6) is -1.02. The van der Waals surface area contributed by atoms with Crippen LogP contribution in [0.4, 0.5) is 0 Å². The van der Waals surface area contributed by atoms with Crippen LogP contribution < -0.4 is 0 Å². The first-order valence-corrected chi connectivity index (χ1v) is 11.6. The molecule has 1 fully saturated rings. The number of hydrogen-bond acceptors (Lipinski definition) is 5. The van der Waals surface area contributed by atoms with E-state index in [-0.39, 0.29) is 30.0 Å². The number of ether oxygens (including phenoxy) is 2. The van der Waals surface area contributed by atoms with Gasteiger partial charge < -0.3 is 19.6 Å². The van der Waals surface area contributed by atoms with E-state index < -0.39 is 12.0 Å². The van der Waals surface area contributed by atoms with Crippen LogP contribution in [-0.2, 0) is 20.7 Å². The molecular weight excluding hydrogens is 406 g/mol. The third-order valence-electron chi connectivity index (χ3n) is 7.09. The third kappa shape index (κ3) is 4.35. The first-order valence-electron chi connectivity index (χ1n) is 11.6. The minimum atomic E-state index is -0.741. The van der Waals surface area contributed by atoms with Crippen LogP contribution in [-0.4, -0.2) is 53.5 Å². The molecule has 0 radical (unpaired) electrons. The lowest BCUT2D eigenvalue weighted by atomic mass is 9.67. The van der Waals surface area contributed by atoms with E-state index in [1.54, 1.807) is 5.01 Å². The van der Waals surface area contributed by atoms with Gasteiger partial charge in [-0.3, -0.25) is 4.79 Å². The third-order valence-corrected chi connectivity index (χ3v) is 7.09. The lowest BCUT2D eigenvalue weighted by Crippen LogP contribution is -2.47. The zero-order valence-electron chi connectivity index (χ0n) is 19.1. The van der Waals surface area contributed by atoms with E-state index in [9.17, 15) is 9.90 Å². The fourth-order valence-corrected chi connectivity index (χ4v) is 5.67. The maximum absolute atomic E-state index is 12.7. The van der Waals surface area contributed by atoms with Crippen molar-refractivity contribution in [2.24, 2.45) is 17.8 Å². The number of H-pyrrole nitrogens is 1. The highest BCUT2D eigenvalue weighted by Gasteiger charge is 2.46. The van der Waals surface area contributed by atoms with Gasteiger partial charge in [0, 0.05) is 16.6 Å². The van der Waals surface area contributed by atoms with Crippen molar-refractivity contribution < 1.29 is 19.4 Å². The van der Waals surface area contributed by atoms with E-state index in [0.717, 1.165) is 29.4 Å². The molecule has 1 aromatic heterocycles. The van der Waals surface area contributed by atoms with Crippen LogP contribution in [0.15, 0.2) is 24.3 Å². The van der Waals surface area contributed by atoms with Crippen LogP contribution in [0.1, 0.15) is 50.5 Å². The number of para-hydroxylation sites is 1. The molecule has 0 bridgehead atoms. The first kappa shape index (κ1) is 22.6. The van der Waals surface area contributed by atoms with E-state index in [4.69, 9.17) is 16.0 Å². The molecule has 2 N–H and O–H groups in total. The summed E-state index contributed by atoms with van der Waals surface area (Å²) in [6.45, 7) is 13.0. The molecule has 5 atom stereocenters. The second kappa shape index (κ2) is 9.51. The maximum Gasteiger partial charge on any atom is 0.311 e. The van der Waals surface area contributed by atoms with Gasteiger partial charge in [0.15, 0.2) is 0 Å². The van der Waals surface area contributed by atoms with Gasteiger partial charge in [-0.15, -0.1) is 5.01 Å². The van der Waals surface area contributed by atoms with Gasteiger partial charge in [0.2, 0.25) is 0 Å². The summed E-state index contributed by atoms with van der Waals surface area (Å²) in [6.07, 6.45) is 1.69. The molecule has 1 aliphatic heterocycles. The van der Waals surface area contributed by atoms with E-state index in [2.05, 4.69) is 22.1 Å². The van der Waals surface area contributed by atoms with E-state index in [1.807, 2.05) is 26.0 Å². The van der Waals surface area contributed by atoms with Crippen molar-refractivity contribution in [3.05, 3.63) is 47.0 Å². The molecule has 7 nitrogen and oxygen atoms in total. The van der Waals surface area contributed by atoms with Crippen molar-refractivity contribution >= 4 is 16.9 Å². The highest BCUT2D eigenvalue weighted by molar-refractivity contribution is 5.84. The second-order valence-electron chi connectivity index (χ2n) is 9.35. The minimum absolute atomic E-state index is 0.00508. The Kier molecular flexibility index (Phi) is 6.73. The van der Waals surface area contributed by atoms with Gasteiger partial charge >= 0.3 is 5.97 Å². The Balaban J connectivity index is 1.83. The lowest BCUT2D eigenvalue weighted by Gasteiger charge is -2.42. The molecule has 1 aromatic carbocycles. The van der Waals surface area contributed by atoms with Crippen LogP contribution in [0.3, 0.4) is 0 Å². The van der Waals surface area contributed by atoms with Gasteiger partial charge in [0.25, 0.3) is 0 Å². The van der Waals surface area contributed by atoms with Gasteiger partial charge in [0.05, 0.1) is 44.4 Å². The molecule has 2 aromatic rings. The predicted octanol–water partition coefficient (Wildman–Crippen LogP) is 3.89. The Labute approximate surface area is 189 Å². The number of benzene rings is 1. The molecule has 4 rings (SSSR count). The van der Waals surface area contributed by atoms with Gasteiger partial charge in [-0.05, 0) is 63.0 Å². The number of nitrogens with one attached hydrogen (secondary N) is 1. The number of carbonyl (C=O) groups is 1. The van der Waals surface area contributed by atoms with Gasteiger partial charge in [-0.1, -0.05) is 18.2 Å². The molecule has 7 heteroatoms. The summed E-state index contributed by atoms with van der Waals surface area (Å²) in [7, 11) is 1.38. The molecule has 1 saturated carbocycles. The summed E-state index contributed by atoms with van der Waals surface area (Å²) in [5, 5.41) is 13.7. The lowest BCUT2D eigenvalue weighted by molar-refractivity contribution is -0.158. The number of aliphatic hydroxyl groups excluding tert-OH is 1. The van der Waals surface area contributed by atoms with E-state index in [1.165, 1.54) is 12.7 Å². The van der Waals surface area contributed by atoms with Gasteiger partial charge in [0.1, 0.15) is 0 Å². The summed E-state index contributed by atoms with van der Waals surface area (Å²) in [4.78, 5) is 20.1. The summed E-state index contributed by atoms with van der Waals surface area (Å²) in [5.41, 5.74) is 3.24. The molecule has 2 heterocycles. The van der Waals surface area contributed by atoms with Crippen molar-refractivity contribution in [2.75, 3.05) is 20.2 Å². The number of hydrogen-bond donors (Lipinski definition) is 2. The second-order valence-corrected chi connectivity index (χ2v) is 9.35. The monoisotopic (exact) mass is 439 g/mol. The molecule has 172 valence electrons. The van der Waals surface area contributed by atoms with Gasteiger partial charge in [-0.2, -0.15) is 11.5 Å². The van der Waals surface area contributed by atoms with Crippen molar-refractivity contribution in [3.63, 3.8) is 0 Å². The highest BCUT2D eigenvalue weighted by Crippen LogP contribution is 2.44. The fraction of sp³-hybridized carbons (Fsp3) is 0.600. The number of methoxy groups -OCH3 is 1. The van der Waals surface area contributed by atoms with E-state index >= 15 is 0 Å². The van der Waals surface area contributed by atoms with Gasteiger partial charge in [-0.25, -0.2) is 0 Å². The summed E-state index contributed by atoms with van der Waals surface area (Å²) < 4.78 is 11.5. The fourth-order valence-electron chi connectivity index (χ4n) is 5.67. The molecule has 0 saturated heterocycles. The first-order chi connectivity index (χ1) is 15.4. The number of fused-ring (bicyclic) bond motifs is 4. The summed E-state index contributed by atoms with van der Waals surface area (Å²) in [6, 6.07) is 8.21. The Morgan fingerprint density at radius 1 is 1.31 bits per heavy atom. The number of rotatable bonds is 3. The van der Waals surface area contributed by atoms with Crippen LogP contribution in [0.5, 0.6) is 0 Å². The summed E-state index contributed by atoms with van der Waals surface area (Å²) >= 11 is 0. The average molecular weight is 440 g/mol. The van der Waals surface area contributed by atoms with Crippen molar-refractivity contribution in [3.8, 4) is 0 Å². The van der Waals surface area contributed by atoms with Crippen LogP contribution in [0, 0.1) is 24.3 Å². The Morgan fingerprint density at radius 3 is 2.81 bits per heavy atom. The molecule has 1 aliphatic carbocycles. The zero-order valence-corrected chi connectivity index (χ0v) is 19.1. The number of aliphatic hydroxyl groups is 1. The molecule has 2 aliphatic rings. The molecule has 0 unspecified atom stereocenters. The number of carbonyl (C=O) groups excluding carboxylic acids is 1. The Morgan fingerprint density at radius 2 is 2.09 bits per heavy atom. The number of esters is 1. The Bertz CT molecular complexity index is 995. The standard InChI is InChI=1S/C25H33N3O4/c1-15(2)32-22-13-19-16(9-10-21(29)23(19)25(30)31-4)14-28(26-3)12-11-18-17-7-5-6-8-20(17)27-24(18)22/h5-8,15-16,19,21-23,27,29H,9-14H2,1-2,4H3/t16-,19-,21-,22-,23+/m0/s1. The quantitative estimate of drug-likeness (QED) is 0.560. The molecule has 32 heavy (non-hydrogen) atoms. The number of aromatic amines is 1. The number of aromatic nitrogens is 1. The maximum atomic E-state index is 12.7. The smallest absolute Gasteiger partial charge is 0.311 e. The van der Waals surface area contributed by atoms with Crippen molar-refractivity contribution in [1.29, 1.82) is 0 Å². The topological polar surface area (TPSA) is 79.2 Å². The number of nitrogens with zero attached hydrogens (tertiary/aromatic N) is 2. The predicted molar refractivity (Wildman–Crippen MR) is 121 cm³/mol. The van der Waals surface area contributed by atoms with Crippen molar-refractivity contribution in [1.82, 2.24) is 9.99 Å². The van der Waals surface area contributed by atoms with Crippen LogP contribution in [0.2, 0.25) is 0 Å². The van der Waals surface area contributed by atoms with Crippen LogP contribution in [0.25, 0.3) is 15.9 Å². The van der Waals surface area contributed by atoms with Crippen molar-refractivity contribution in [2.45, 2.75) is 57.8 Å². The SMILES string of the molecule is [C-]#[N+]N1CCc2c([nH]c3ccccc23)[C@@H](OC(C)C)C[C@H]2[C@@H](CC[C@H](O)[C@@H]2C(=O)OC)C1. The zero-order chi connectivity index (χ0) is 22.8. The van der Waals surface area contributed by atoms with E-state index in [0.29, 0.717) is 25.9 Å². The van der Waals surface area contributed by atoms with Crippen LogP contribution >= 0.6 is 0 Å². The highest BCUT2D eigenvalue weighted by atomic mass is 16.5. The molecule has 0 spiro atoms. The normalized spacial score (nSPS) is 28.6. The molecule has 0 amide bonds. The minimum Gasteiger partial charge on any atom is -0.469 e. The Hall–Kier alpha value is -2.56. The average Bonchev–Trinajstić information content (AvgIpc) is 3.15.